The van der Waals surface area contributed by atoms with E-state index in [1.54, 1.807) is 0 Å². The van der Waals surface area contributed by atoms with Gasteiger partial charge in [0.1, 0.15) is 0 Å². The summed E-state index contributed by atoms with van der Waals surface area (Å²) in [4.78, 5) is 23.4. The smallest absolute Gasteiger partial charge is 0.305 e. The molecule has 2 rings (SSSR count). The summed E-state index contributed by atoms with van der Waals surface area (Å²) in [7, 11) is 0. The number of hydrogen-bond donors (Lipinski definition) is 1. The first-order valence-corrected chi connectivity index (χ1v) is 8.74. The molecule has 0 heterocycles. The van der Waals surface area contributed by atoms with Crippen LogP contribution in [0.4, 0.5) is 0 Å². The zero-order chi connectivity index (χ0) is 17.7. The molecule has 4 nitrogen and oxygen atoms in total. The van der Waals surface area contributed by atoms with E-state index in [4.69, 9.17) is 4.74 Å². The van der Waals surface area contributed by atoms with Gasteiger partial charge in [-0.15, -0.1) is 0 Å². The number of carbonyl (C=O) groups is 2. The van der Waals surface area contributed by atoms with Gasteiger partial charge in [0.25, 0.3) is 0 Å². The summed E-state index contributed by atoms with van der Waals surface area (Å²) in [6.07, 6.45) is 2.84. The van der Waals surface area contributed by atoms with Crippen molar-refractivity contribution in [3.63, 3.8) is 0 Å². The highest BCUT2D eigenvalue weighted by molar-refractivity contribution is 5.77. The average Bonchev–Trinajstić information content (AvgIpc) is 2.65. The second kappa shape index (κ2) is 11.0. The van der Waals surface area contributed by atoms with E-state index in [9.17, 15) is 9.59 Å². The molecule has 0 bridgehead atoms. The van der Waals surface area contributed by atoms with Gasteiger partial charge in [-0.25, -0.2) is 0 Å². The molecular weight excluding hydrogens is 314 g/mol. The predicted molar refractivity (Wildman–Crippen MR) is 97.9 cm³/mol. The third-order valence-electron chi connectivity index (χ3n) is 3.83. The molecule has 25 heavy (non-hydrogen) atoms. The molecule has 0 unspecified atom stereocenters. The highest BCUT2D eigenvalue weighted by Crippen LogP contribution is 2.04. The number of aryl methyl sites for hydroxylation is 1. The van der Waals surface area contributed by atoms with Crippen LogP contribution < -0.4 is 5.32 Å². The van der Waals surface area contributed by atoms with Crippen molar-refractivity contribution in [2.75, 3.05) is 6.61 Å². The molecule has 0 spiro atoms. The Bertz CT molecular complexity index is 641. The third-order valence-corrected chi connectivity index (χ3v) is 3.83. The van der Waals surface area contributed by atoms with E-state index in [1.807, 2.05) is 48.5 Å². The largest absolute Gasteiger partial charge is 0.466 e. The SMILES string of the molecule is O=C(CCCC(=O)OCCCc1ccccc1)NCc1ccccc1. The summed E-state index contributed by atoms with van der Waals surface area (Å²) in [5, 5.41) is 2.85. The summed E-state index contributed by atoms with van der Waals surface area (Å²) in [5.41, 5.74) is 2.31. The second-order valence-corrected chi connectivity index (χ2v) is 5.93. The summed E-state index contributed by atoms with van der Waals surface area (Å²) in [6.45, 7) is 0.942. The van der Waals surface area contributed by atoms with E-state index in [2.05, 4.69) is 17.4 Å². The highest BCUT2D eigenvalue weighted by Gasteiger charge is 2.06. The van der Waals surface area contributed by atoms with E-state index in [0.717, 1.165) is 18.4 Å². The monoisotopic (exact) mass is 339 g/mol. The fourth-order valence-electron chi connectivity index (χ4n) is 2.46. The third kappa shape index (κ3) is 8.15. The summed E-state index contributed by atoms with van der Waals surface area (Å²) in [5.74, 6) is -0.273. The Labute approximate surface area is 149 Å². The zero-order valence-corrected chi connectivity index (χ0v) is 14.4. The van der Waals surface area contributed by atoms with E-state index >= 15 is 0 Å². The maximum Gasteiger partial charge on any atom is 0.305 e. The number of nitrogens with one attached hydrogen (secondary N) is 1. The minimum atomic E-state index is -0.232. The average molecular weight is 339 g/mol. The van der Waals surface area contributed by atoms with Crippen molar-refractivity contribution in [3.8, 4) is 0 Å². The Balaban J connectivity index is 1.49. The van der Waals surface area contributed by atoms with E-state index in [1.165, 1.54) is 5.56 Å². The Morgan fingerprint density at radius 3 is 2.12 bits per heavy atom. The Kier molecular flexibility index (Phi) is 8.25. The standard InChI is InChI=1S/C21H25NO3/c23-20(22-17-19-11-5-2-6-12-19)14-7-15-21(24)25-16-8-13-18-9-3-1-4-10-18/h1-6,9-12H,7-8,13-17H2,(H,22,23). The van der Waals surface area contributed by atoms with Gasteiger partial charge < -0.3 is 10.1 Å². The number of carbonyl (C=O) groups excluding carboxylic acids is 2. The van der Waals surface area contributed by atoms with Crippen molar-refractivity contribution in [3.05, 3.63) is 71.8 Å². The molecule has 0 aliphatic carbocycles. The van der Waals surface area contributed by atoms with Gasteiger partial charge >= 0.3 is 5.97 Å². The summed E-state index contributed by atoms with van der Waals surface area (Å²) < 4.78 is 5.20. The van der Waals surface area contributed by atoms with Crippen molar-refractivity contribution in [2.24, 2.45) is 0 Å². The number of ether oxygens (including phenoxy) is 1. The molecule has 0 fully saturated rings. The van der Waals surface area contributed by atoms with Gasteiger partial charge in [0, 0.05) is 19.4 Å². The van der Waals surface area contributed by atoms with Crippen molar-refractivity contribution >= 4 is 11.9 Å². The normalized spacial score (nSPS) is 10.2. The van der Waals surface area contributed by atoms with E-state index in [0.29, 0.717) is 26.0 Å². The lowest BCUT2D eigenvalue weighted by Gasteiger charge is -2.06. The van der Waals surface area contributed by atoms with Gasteiger partial charge in [-0.3, -0.25) is 9.59 Å². The number of rotatable bonds is 10. The van der Waals surface area contributed by atoms with Gasteiger partial charge in [-0.05, 0) is 30.4 Å². The van der Waals surface area contributed by atoms with Crippen LogP contribution >= 0.6 is 0 Å². The molecule has 1 amide bonds. The van der Waals surface area contributed by atoms with Crippen LogP contribution in [0.2, 0.25) is 0 Å². The van der Waals surface area contributed by atoms with Crippen molar-refractivity contribution in [1.29, 1.82) is 0 Å². The van der Waals surface area contributed by atoms with Crippen LogP contribution in [-0.4, -0.2) is 18.5 Å². The lowest BCUT2D eigenvalue weighted by Crippen LogP contribution is -2.22. The zero-order valence-electron chi connectivity index (χ0n) is 14.4. The number of esters is 1. The predicted octanol–water partition coefficient (Wildman–Crippen LogP) is 3.65. The molecule has 0 aromatic heterocycles. The number of benzene rings is 2. The molecule has 0 radical (unpaired) electrons. The van der Waals surface area contributed by atoms with Gasteiger partial charge in [-0.1, -0.05) is 60.7 Å². The van der Waals surface area contributed by atoms with Gasteiger partial charge in [0.2, 0.25) is 5.91 Å². The first kappa shape index (κ1) is 18.7. The first-order chi connectivity index (χ1) is 12.2. The number of hydrogen-bond acceptors (Lipinski definition) is 3. The Morgan fingerprint density at radius 2 is 1.44 bits per heavy atom. The maximum atomic E-state index is 11.8. The lowest BCUT2D eigenvalue weighted by atomic mass is 10.1. The van der Waals surface area contributed by atoms with Crippen LogP contribution in [0.5, 0.6) is 0 Å². The molecule has 1 N–H and O–H groups in total. The maximum absolute atomic E-state index is 11.8. The molecule has 0 saturated heterocycles. The second-order valence-electron chi connectivity index (χ2n) is 5.93. The molecule has 2 aromatic rings. The summed E-state index contributed by atoms with van der Waals surface area (Å²) >= 11 is 0. The van der Waals surface area contributed by atoms with Crippen LogP contribution in [-0.2, 0) is 27.3 Å². The highest BCUT2D eigenvalue weighted by atomic mass is 16.5. The molecule has 0 aliphatic heterocycles. The van der Waals surface area contributed by atoms with Gasteiger partial charge in [0.15, 0.2) is 0 Å². The van der Waals surface area contributed by atoms with Crippen LogP contribution in [0.15, 0.2) is 60.7 Å². The summed E-state index contributed by atoms with van der Waals surface area (Å²) in [6, 6.07) is 19.9. The molecule has 132 valence electrons. The Hall–Kier alpha value is -2.62. The minimum absolute atomic E-state index is 0.0410. The molecule has 0 aliphatic rings. The molecule has 4 heteroatoms. The van der Waals surface area contributed by atoms with Gasteiger partial charge in [0.05, 0.1) is 6.61 Å². The van der Waals surface area contributed by atoms with E-state index in [-0.39, 0.29) is 18.3 Å². The van der Waals surface area contributed by atoms with Crippen LogP contribution in [0.1, 0.15) is 36.8 Å². The van der Waals surface area contributed by atoms with Crippen LogP contribution in [0.25, 0.3) is 0 Å². The van der Waals surface area contributed by atoms with E-state index < -0.39 is 0 Å². The van der Waals surface area contributed by atoms with Crippen molar-refractivity contribution < 1.29 is 14.3 Å². The topological polar surface area (TPSA) is 55.4 Å². The molecule has 0 saturated carbocycles. The fourth-order valence-corrected chi connectivity index (χ4v) is 2.46. The van der Waals surface area contributed by atoms with Crippen LogP contribution in [0, 0.1) is 0 Å². The molecule has 0 atom stereocenters. The minimum Gasteiger partial charge on any atom is -0.466 e. The molecule has 2 aromatic carbocycles. The quantitative estimate of drug-likeness (QED) is 0.531. The van der Waals surface area contributed by atoms with Crippen molar-refractivity contribution in [2.45, 2.75) is 38.6 Å². The van der Waals surface area contributed by atoms with Crippen molar-refractivity contribution in [1.82, 2.24) is 5.32 Å². The first-order valence-electron chi connectivity index (χ1n) is 8.74. The van der Waals surface area contributed by atoms with Crippen LogP contribution in [0.3, 0.4) is 0 Å². The van der Waals surface area contributed by atoms with Gasteiger partial charge in [-0.2, -0.15) is 0 Å². The molecular formula is C21H25NO3. The Morgan fingerprint density at radius 1 is 0.800 bits per heavy atom. The number of amides is 1. The lowest BCUT2D eigenvalue weighted by molar-refractivity contribution is -0.143. The fraction of sp³-hybridized carbons (Fsp3) is 0.333.